The number of halogens is 3. The van der Waals surface area contributed by atoms with Gasteiger partial charge < -0.3 is 29.7 Å². The first-order valence-corrected chi connectivity index (χ1v) is 22.1. The fourth-order valence-corrected chi connectivity index (χ4v) is 9.95. The van der Waals surface area contributed by atoms with E-state index < -0.39 is 85.9 Å². The molecular formula is C42H57F3N6O9S. The first kappa shape index (κ1) is 45.7. The highest BCUT2D eigenvalue weighted by Crippen LogP contribution is 2.48. The first-order chi connectivity index (χ1) is 28.4. The van der Waals surface area contributed by atoms with Gasteiger partial charge in [-0.2, -0.15) is 13.2 Å². The van der Waals surface area contributed by atoms with Gasteiger partial charge in [-0.25, -0.2) is 18.2 Å². The van der Waals surface area contributed by atoms with Crippen LogP contribution in [0, 0.1) is 17.8 Å². The molecule has 2 aliphatic heterocycles. The van der Waals surface area contributed by atoms with Crippen molar-refractivity contribution in [2.45, 2.75) is 126 Å². The molecule has 61 heavy (non-hydrogen) atoms. The van der Waals surface area contributed by atoms with Crippen LogP contribution in [0.25, 0.3) is 10.8 Å². The average molecular weight is 879 g/mol. The van der Waals surface area contributed by atoms with Crippen molar-refractivity contribution in [1.82, 2.24) is 24.8 Å². The van der Waals surface area contributed by atoms with E-state index in [-0.39, 0.29) is 48.9 Å². The number of hydrogen-bond donors (Lipinski definition) is 3. The van der Waals surface area contributed by atoms with Crippen molar-refractivity contribution in [3.8, 4) is 11.6 Å². The summed E-state index contributed by atoms with van der Waals surface area (Å²) in [6.45, 7) is 6.12. The minimum Gasteiger partial charge on any atom is -0.494 e. The van der Waals surface area contributed by atoms with E-state index >= 15 is 4.79 Å². The van der Waals surface area contributed by atoms with Gasteiger partial charge in [-0.1, -0.05) is 32.4 Å². The number of nitrogens with one attached hydrogen (secondary N) is 2. The van der Waals surface area contributed by atoms with Crippen LogP contribution in [-0.4, -0.2) is 120 Å². The zero-order valence-corrected chi connectivity index (χ0v) is 36.7. The summed E-state index contributed by atoms with van der Waals surface area (Å²) >= 11 is 0. The fourth-order valence-electron chi connectivity index (χ4n) is 8.64. The first-order valence-electron chi connectivity index (χ1n) is 20.7. The lowest BCUT2D eigenvalue weighted by Crippen LogP contribution is -2.66. The molecule has 2 saturated carbocycles. The molecule has 0 unspecified atom stereocenters. The van der Waals surface area contributed by atoms with Crippen LogP contribution in [0.3, 0.4) is 0 Å². The van der Waals surface area contributed by atoms with Crippen LogP contribution >= 0.6 is 0 Å². The van der Waals surface area contributed by atoms with E-state index in [1.54, 1.807) is 19.1 Å². The SMILES string of the molecule is CC[C@@H]1C[C@@H](C)CCC=C[C@@H]2C[C@@]2(C(=O)NS(=O)(=O)C2(C)CC2)NC(=O)[C@@H]2C[C@@H](Oc3ncc(OC)c4cc(N(C)C)ccc34)CN2C(=O)[C@H]1N(C(=O)O)C(C)(C)C(F)(F)F. The van der Waals surface area contributed by atoms with Crippen LogP contribution in [0.1, 0.15) is 86.0 Å². The predicted molar refractivity (Wildman–Crippen MR) is 221 cm³/mol. The molecule has 19 heteroatoms. The summed E-state index contributed by atoms with van der Waals surface area (Å²) in [7, 11) is 1.09. The van der Waals surface area contributed by atoms with Gasteiger partial charge >= 0.3 is 12.3 Å². The second-order valence-corrected chi connectivity index (χ2v) is 20.3. The second kappa shape index (κ2) is 16.5. The van der Waals surface area contributed by atoms with Crippen molar-refractivity contribution in [1.29, 1.82) is 0 Å². The molecule has 4 amide bonds. The van der Waals surface area contributed by atoms with E-state index in [9.17, 15) is 41.1 Å². The Balaban J connectivity index is 1.45. The Morgan fingerprint density at radius 2 is 1.82 bits per heavy atom. The van der Waals surface area contributed by atoms with Crippen LogP contribution in [0.4, 0.5) is 23.7 Å². The Kier molecular flexibility index (Phi) is 12.3. The number of aromatic nitrogens is 1. The summed E-state index contributed by atoms with van der Waals surface area (Å²) in [6.07, 6.45) is -1.23. The third kappa shape index (κ3) is 8.67. The van der Waals surface area contributed by atoms with E-state index in [2.05, 4.69) is 15.0 Å². The topological polar surface area (TPSA) is 188 Å². The Hall–Kier alpha value is -4.81. The Morgan fingerprint density at radius 1 is 1.13 bits per heavy atom. The van der Waals surface area contributed by atoms with Crippen LogP contribution in [0.15, 0.2) is 36.5 Å². The average Bonchev–Trinajstić information content (AvgIpc) is 4.06. The molecule has 0 spiro atoms. The summed E-state index contributed by atoms with van der Waals surface area (Å²) in [4.78, 5) is 64.6. The molecule has 336 valence electrons. The number of amides is 4. The molecule has 0 bridgehead atoms. The molecule has 4 aliphatic rings. The third-order valence-electron chi connectivity index (χ3n) is 13.2. The van der Waals surface area contributed by atoms with Gasteiger partial charge in [0.1, 0.15) is 35.0 Å². The number of anilines is 1. The molecule has 6 rings (SSSR count). The van der Waals surface area contributed by atoms with E-state index in [1.807, 2.05) is 44.1 Å². The molecule has 3 N–H and O–H groups in total. The number of carbonyl (C=O) groups is 4. The Morgan fingerprint density at radius 3 is 2.41 bits per heavy atom. The third-order valence-corrected chi connectivity index (χ3v) is 15.3. The highest BCUT2D eigenvalue weighted by Gasteiger charge is 2.64. The number of ether oxygens (including phenoxy) is 2. The van der Waals surface area contributed by atoms with Crippen LogP contribution in [0.5, 0.6) is 11.6 Å². The largest absolute Gasteiger partial charge is 0.494 e. The minimum atomic E-state index is -5.10. The summed E-state index contributed by atoms with van der Waals surface area (Å²) in [5.74, 6) is -4.00. The molecule has 1 aromatic heterocycles. The van der Waals surface area contributed by atoms with Crippen molar-refractivity contribution in [2.75, 3.05) is 32.6 Å². The second-order valence-electron chi connectivity index (χ2n) is 18.1. The van der Waals surface area contributed by atoms with Crippen molar-refractivity contribution in [3.63, 3.8) is 0 Å². The van der Waals surface area contributed by atoms with Gasteiger partial charge in [0.25, 0.3) is 5.91 Å². The molecule has 3 fully saturated rings. The van der Waals surface area contributed by atoms with Crippen LogP contribution in [-0.2, 0) is 24.4 Å². The zero-order valence-electron chi connectivity index (χ0n) is 35.8. The molecular weight excluding hydrogens is 822 g/mol. The van der Waals surface area contributed by atoms with Crippen LogP contribution in [0.2, 0.25) is 0 Å². The molecule has 0 radical (unpaired) electrons. The van der Waals surface area contributed by atoms with Crippen molar-refractivity contribution < 1.29 is 55.3 Å². The number of nitrogens with zero attached hydrogens (tertiary/aromatic N) is 4. The predicted octanol–water partition coefficient (Wildman–Crippen LogP) is 5.62. The van der Waals surface area contributed by atoms with E-state index in [1.165, 1.54) is 20.2 Å². The number of carboxylic acid groups (broad SMARTS) is 1. The van der Waals surface area contributed by atoms with Gasteiger partial charge in [0.2, 0.25) is 27.7 Å². The lowest BCUT2D eigenvalue weighted by atomic mass is 9.82. The quantitative estimate of drug-likeness (QED) is 0.252. The number of carbonyl (C=O) groups excluding carboxylic acids is 3. The monoisotopic (exact) mass is 878 g/mol. The summed E-state index contributed by atoms with van der Waals surface area (Å²) in [6, 6.07) is 2.10. The number of hydrogen-bond acceptors (Lipinski definition) is 10. The lowest BCUT2D eigenvalue weighted by Gasteiger charge is -2.46. The minimum absolute atomic E-state index is 0.0489. The van der Waals surface area contributed by atoms with Gasteiger partial charge in [0.15, 0.2) is 0 Å². The molecule has 1 saturated heterocycles. The van der Waals surface area contributed by atoms with Gasteiger partial charge in [-0.15, -0.1) is 0 Å². The number of pyridine rings is 1. The number of allylic oxidation sites excluding steroid dienone is 1. The normalized spacial score (nSPS) is 28.1. The molecule has 2 aromatic rings. The van der Waals surface area contributed by atoms with E-state index in [0.29, 0.717) is 56.1 Å². The smallest absolute Gasteiger partial charge is 0.411 e. The van der Waals surface area contributed by atoms with Gasteiger partial charge in [0.05, 0.1) is 24.6 Å². The van der Waals surface area contributed by atoms with Crippen molar-refractivity contribution in [3.05, 3.63) is 36.5 Å². The number of benzene rings is 1. The maximum atomic E-state index is 15.2. The molecule has 3 heterocycles. The Bertz CT molecular complexity index is 2200. The van der Waals surface area contributed by atoms with Gasteiger partial charge in [-0.3, -0.25) is 24.0 Å². The molecule has 15 nitrogen and oxygen atoms in total. The number of fused-ring (bicyclic) bond motifs is 3. The highest BCUT2D eigenvalue weighted by molar-refractivity contribution is 7.91. The van der Waals surface area contributed by atoms with Gasteiger partial charge in [0, 0.05) is 42.9 Å². The lowest BCUT2D eigenvalue weighted by molar-refractivity contribution is -0.222. The fraction of sp³-hybridized carbons (Fsp3) is 0.643. The van der Waals surface area contributed by atoms with Gasteiger partial charge in [-0.05, 0) is 89.3 Å². The number of rotatable bonds is 10. The number of sulfonamides is 1. The van der Waals surface area contributed by atoms with Crippen LogP contribution < -0.4 is 24.4 Å². The highest BCUT2D eigenvalue weighted by atomic mass is 32.2. The molecule has 2 aliphatic carbocycles. The maximum Gasteiger partial charge on any atom is 0.411 e. The molecule has 7 atom stereocenters. The van der Waals surface area contributed by atoms with Crippen molar-refractivity contribution in [2.24, 2.45) is 17.8 Å². The maximum absolute atomic E-state index is 15.2. The Labute approximate surface area is 354 Å². The summed E-state index contributed by atoms with van der Waals surface area (Å²) in [5, 5.41) is 14.5. The molecule has 1 aromatic carbocycles. The summed E-state index contributed by atoms with van der Waals surface area (Å²) < 4.78 is 84.1. The van der Waals surface area contributed by atoms with E-state index in [4.69, 9.17) is 9.47 Å². The standard InChI is InChI=1S/C42H57F3N6O9S/c1-9-25-18-24(2)12-10-11-13-26-21-41(26,37(54)48-61(57,58)40(5)16-17-40)47-34(52)31-20-28(23-50(31)36(53)33(25)51(38(55)56)39(3,4)42(43,44)45)60-35-29-15-14-27(49(6)7)19-30(29)32(59-8)22-46-35/h11,13-15,19,22,24-26,28,31,33H,9-10,12,16-18,20-21,23H2,1-8H3,(H,47,52)(H,48,54)(H,55,56)/t24-,25+,26+,28+,31-,33-,41+/m0/s1. The van der Waals surface area contributed by atoms with E-state index in [0.717, 1.165) is 10.6 Å². The van der Waals surface area contributed by atoms with Crippen molar-refractivity contribution >= 4 is 50.3 Å². The number of alkyl halides is 3. The summed E-state index contributed by atoms with van der Waals surface area (Å²) in [5.41, 5.74) is -3.92. The number of methoxy groups -OCH3 is 1. The zero-order chi connectivity index (χ0) is 45.0.